The molecule has 1 aliphatic heterocycles. The maximum absolute atomic E-state index is 13.1. The van der Waals surface area contributed by atoms with Crippen molar-refractivity contribution in [1.29, 1.82) is 0 Å². The molecular weight excluding hydrogens is 286 g/mol. The first-order valence-corrected chi connectivity index (χ1v) is 8.88. The molecule has 0 spiro atoms. The lowest BCUT2D eigenvalue weighted by Gasteiger charge is -2.34. The third-order valence-corrected chi connectivity index (χ3v) is 5.53. The largest absolute Gasteiger partial charge is 0.396 e. The number of hydrogen-bond acceptors (Lipinski definition) is 2. The Hall–Kier alpha value is -1.35. The van der Waals surface area contributed by atoms with Gasteiger partial charge in [-0.25, -0.2) is 0 Å². The van der Waals surface area contributed by atoms with Gasteiger partial charge in [0.15, 0.2) is 0 Å². The summed E-state index contributed by atoms with van der Waals surface area (Å²) in [7, 11) is 0. The van der Waals surface area contributed by atoms with Crippen molar-refractivity contribution >= 4 is 5.91 Å². The standard InChI is InChI=1S/C20H29NO2/c1-19(2,3)16-6-8-17(9-7-16)20(10-11-20)18(23)21-12-4-5-15(13-21)14-22/h6-9,15,22H,4-5,10-14H2,1-3H3. The maximum atomic E-state index is 13.1. The van der Waals surface area contributed by atoms with Crippen molar-refractivity contribution in [2.75, 3.05) is 19.7 Å². The van der Waals surface area contributed by atoms with Crippen LogP contribution in [0.15, 0.2) is 24.3 Å². The Morgan fingerprint density at radius 2 is 1.91 bits per heavy atom. The van der Waals surface area contributed by atoms with Gasteiger partial charge < -0.3 is 10.0 Å². The number of piperidine rings is 1. The molecule has 1 amide bonds. The van der Waals surface area contributed by atoms with Crippen LogP contribution in [0.5, 0.6) is 0 Å². The van der Waals surface area contributed by atoms with Gasteiger partial charge in [-0.2, -0.15) is 0 Å². The van der Waals surface area contributed by atoms with E-state index in [1.807, 2.05) is 4.90 Å². The number of carbonyl (C=O) groups excluding carboxylic acids is 1. The molecule has 1 saturated heterocycles. The molecule has 3 nitrogen and oxygen atoms in total. The molecule has 3 rings (SSSR count). The molecule has 1 aliphatic carbocycles. The summed E-state index contributed by atoms with van der Waals surface area (Å²) in [5.74, 6) is 0.533. The minimum Gasteiger partial charge on any atom is -0.396 e. The molecule has 3 heteroatoms. The zero-order valence-corrected chi connectivity index (χ0v) is 14.6. The highest BCUT2D eigenvalue weighted by atomic mass is 16.3. The molecule has 1 aromatic rings. The summed E-state index contributed by atoms with van der Waals surface area (Å²) in [5, 5.41) is 9.39. The molecular formula is C20H29NO2. The van der Waals surface area contributed by atoms with E-state index in [1.165, 1.54) is 11.1 Å². The topological polar surface area (TPSA) is 40.5 Å². The number of hydrogen-bond donors (Lipinski definition) is 1. The van der Waals surface area contributed by atoms with E-state index in [1.54, 1.807) is 0 Å². The van der Waals surface area contributed by atoms with Gasteiger partial charge in [-0.05, 0) is 48.1 Å². The van der Waals surface area contributed by atoms with Crippen molar-refractivity contribution in [3.63, 3.8) is 0 Å². The monoisotopic (exact) mass is 315 g/mol. The minimum atomic E-state index is -0.284. The zero-order chi connectivity index (χ0) is 16.7. The van der Waals surface area contributed by atoms with Crippen LogP contribution in [0, 0.1) is 5.92 Å². The highest BCUT2D eigenvalue weighted by Crippen LogP contribution is 2.50. The molecule has 0 aromatic heterocycles. The summed E-state index contributed by atoms with van der Waals surface area (Å²) in [4.78, 5) is 15.1. The van der Waals surface area contributed by atoms with Crippen LogP contribution >= 0.6 is 0 Å². The third kappa shape index (κ3) is 3.16. The van der Waals surface area contributed by atoms with Crippen LogP contribution < -0.4 is 0 Å². The number of aliphatic hydroxyl groups excluding tert-OH is 1. The molecule has 2 aliphatic rings. The Bertz CT molecular complexity index is 566. The van der Waals surface area contributed by atoms with Crippen LogP contribution in [-0.2, 0) is 15.6 Å². The van der Waals surface area contributed by atoms with E-state index in [9.17, 15) is 9.90 Å². The fourth-order valence-corrected chi connectivity index (χ4v) is 3.74. The second-order valence-electron chi connectivity index (χ2n) is 8.35. The average molecular weight is 315 g/mol. The van der Waals surface area contributed by atoms with Gasteiger partial charge in [0.25, 0.3) is 0 Å². The molecule has 1 N–H and O–H groups in total. The first kappa shape index (κ1) is 16.5. The van der Waals surface area contributed by atoms with Gasteiger partial charge in [-0.1, -0.05) is 45.0 Å². The maximum Gasteiger partial charge on any atom is 0.233 e. The normalized spacial score (nSPS) is 23.7. The van der Waals surface area contributed by atoms with Gasteiger partial charge in [-0.15, -0.1) is 0 Å². The van der Waals surface area contributed by atoms with E-state index < -0.39 is 0 Å². The summed E-state index contributed by atoms with van der Waals surface area (Å²) in [6.07, 6.45) is 3.96. The predicted molar refractivity (Wildman–Crippen MR) is 92.4 cm³/mol. The van der Waals surface area contributed by atoms with Crippen molar-refractivity contribution < 1.29 is 9.90 Å². The zero-order valence-electron chi connectivity index (χ0n) is 14.6. The molecule has 23 heavy (non-hydrogen) atoms. The Kier molecular flexibility index (Phi) is 4.26. The SMILES string of the molecule is CC(C)(C)c1ccc(C2(C(=O)N3CCCC(CO)C3)CC2)cc1. The number of nitrogens with zero attached hydrogens (tertiary/aromatic N) is 1. The number of benzene rings is 1. The molecule has 1 atom stereocenters. The van der Waals surface area contributed by atoms with Crippen molar-refractivity contribution in [2.45, 2.75) is 57.3 Å². The molecule has 1 unspecified atom stereocenters. The third-order valence-electron chi connectivity index (χ3n) is 5.53. The number of likely N-dealkylation sites (tertiary alicyclic amines) is 1. The summed E-state index contributed by atoms with van der Waals surface area (Å²) >= 11 is 0. The number of carbonyl (C=O) groups is 1. The van der Waals surface area contributed by atoms with E-state index in [4.69, 9.17) is 0 Å². The van der Waals surface area contributed by atoms with Crippen LogP contribution in [0.3, 0.4) is 0 Å². The van der Waals surface area contributed by atoms with Crippen LogP contribution in [0.25, 0.3) is 0 Å². The molecule has 0 bridgehead atoms. The molecule has 1 saturated carbocycles. The van der Waals surface area contributed by atoms with E-state index in [0.29, 0.717) is 0 Å². The summed E-state index contributed by atoms with van der Waals surface area (Å²) < 4.78 is 0. The summed E-state index contributed by atoms with van der Waals surface area (Å²) in [6.45, 7) is 8.39. The second kappa shape index (κ2) is 5.94. The molecule has 0 radical (unpaired) electrons. The molecule has 2 fully saturated rings. The first-order chi connectivity index (χ1) is 10.9. The van der Waals surface area contributed by atoms with E-state index in [-0.39, 0.29) is 29.3 Å². The van der Waals surface area contributed by atoms with E-state index in [2.05, 4.69) is 45.0 Å². The molecule has 126 valence electrons. The van der Waals surface area contributed by atoms with Crippen LogP contribution in [0.1, 0.15) is 57.6 Å². The number of aliphatic hydroxyl groups is 1. The Labute approximate surface area is 139 Å². The highest BCUT2D eigenvalue weighted by molar-refractivity contribution is 5.91. The van der Waals surface area contributed by atoms with E-state index >= 15 is 0 Å². The van der Waals surface area contributed by atoms with Crippen LogP contribution in [0.2, 0.25) is 0 Å². The van der Waals surface area contributed by atoms with Gasteiger partial charge in [0.2, 0.25) is 5.91 Å². The Balaban J connectivity index is 1.77. The second-order valence-corrected chi connectivity index (χ2v) is 8.35. The van der Waals surface area contributed by atoms with Crippen molar-refractivity contribution in [1.82, 2.24) is 4.90 Å². The van der Waals surface area contributed by atoms with Gasteiger partial charge in [0, 0.05) is 19.7 Å². The highest BCUT2D eigenvalue weighted by Gasteiger charge is 2.53. The van der Waals surface area contributed by atoms with Gasteiger partial charge >= 0.3 is 0 Å². The summed E-state index contributed by atoms with van der Waals surface area (Å²) in [6, 6.07) is 8.66. The number of amides is 1. The fraction of sp³-hybridized carbons (Fsp3) is 0.650. The van der Waals surface area contributed by atoms with Crippen molar-refractivity contribution in [2.24, 2.45) is 5.92 Å². The van der Waals surface area contributed by atoms with Crippen LogP contribution in [-0.4, -0.2) is 35.6 Å². The first-order valence-electron chi connectivity index (χ1n) is 8.88. The van der Waals surface area contributed by atoms with Crippen LogP contribution in [0.4, 0.5) is 0 Å². The smallest absolute Gasteiger partial charge is 0.233 e. The Morgan fingerprint density at radius 3 is 2.43 bits per heavy atom. The van der Waals surface area contributed by atoms with Gasteiger partial charge in [-0.3, -0.25) is 4.79 Å². The lowest BCUT2D eigenvalue weighted by atomic mass is 9.84. The lowest BCUT2D eigenvalue weighted by Crippen LogP contribution is -2.45. The van der Waals surface area contributed by atoms with Gasteiger partial charge in [0.05, 0.1) is 5.41 Å². The van der Waals surface area contributed by atoms with Crippen molar-refractivity contribution in [3.05, 3.63) is 35.4 Å². The fourth-order valence-electron chi connectivity index (χ4n) is 3.74. The molecule has 1 heterocycles. The number of rotatable bonds is 3. The summed E-state index contributed by atoms with van der Waals surface area (Å²) in [5.41, 5.74) is 2.33. The lowest BCUT2D eigenvalue weighted by molar-refractivity contribution is -0.136. The average Bonchev–Trinajstić information content (AvgIpc) is 3.35. The quantitative estimate of drug-likeness (QED) is 0.930. The molecule has 1 aromatic carbocycles. The minimum absolute atomic E-state index is 0.139. The predicted octanol–water partition coefficient (Wildman–Crippen LogP) is 3.25. The Morgan fingerprint density at radius 1 is 1.26 bits per heavy atom. The van der Waals surface area contributed by atoms with Gasteiger partial charge in [0.1, 0.15) is 0 Å². The van der Waals surface area contributed by atoms with Crippen molar-refractivity contribution in [3.8, 4) is 0 Å². The van der Waals surface area contributed by atoms with E-state index in [0.717, 1.165) is 38.8 Å².